The van der Waals surface area contributed by atoms with Gasteiger partial charge in [-0.3, -0.25) is 4.90 Å². The number of ether oxygens (including phenoxy) is 3. The minimum Gasteiger partial charge on any atom is -0.496 e. The SMILES string of the molecule is COc1cc(OC)c(C(c2cccc(Br)c2)N2CCNCC2)cc1OC. The number of hydrogen-bond acceptors (Lipinski definition) is 5. The van der Waals surface area contributed by atoms with E-state index in [-0.39, 0.29) is 6.04 Å². The van der Waals surface area contributed by atoms with Gasteiger partial charge in [-0.1, -0.05) is 28.1 Å². The maximum Gasteiger partial charge on any atom is 0.164 e. The Labute approximate surface area is 163 Å². The number of methoxy groups -OCH3 is 3. The summed E-state index contributed by atoms with van der Waals surface area (Å²) in [6.07, 6.45) is 0. The van der Waals surface area contributed by atoms with E-state index in [0.29, 0.717) is 11.5 Å². The molecule has 26 heavy (non-hydrogen) atoms. The number of halogens is 1. The molecule has 0 saturated carbocycles. The molecule has 2 aromatic carbocycles. The van der Waals surface area contributed by atoms with Gasteiger partial charge >= 0.3 is 0 Å². The van der Waals surface area contributed by atoms with Crippen LogP contribution < -0.4 is 19.5 Å². The van der Waals surface area contributed by atoms with Gasteiger partial charge in [0.05, 0.1) is 27.4 Å². The fourth-order valence-corrected chi connectivity index (χ4v) is 3.89. The molecule has 0 radical (unpaired) electrons. The second-order valence-electron chi connectivity index (χ2n) is 6.19. The average molecular weight is 421 g/mol. The summed E-state index contributed by atoms with van der Waals surface area (Å²) in [5.74, 6) is 2.17. The number of nitrogens with zero attached hydrogens (tertiary/aromatic N) is 1. The van der Waals surface area contributed by atoms with E-state index in [1.54, 1.807) is 21.3 Å². The van der Waals surface area contributed by atoms with Crippen LogP contribution in [0.4, 0.5) is 0 Å². The summed E-state index contributed by atoms with van der Waals surface area (Å²) >= 11 is 3.61. The van der Waals surface area contributed by atoms with E-state index in [0.717, 1.165) is 42.0 Å². The van der Waals surface area contributed by atoms with E-state index in [2.05, 4.69) is 44.3 Å². The second-order valence-corrected chi connectivity index (χ2v) is 7.11. The van der Waals surface area contributed by atoms with Crippen LogP contribution in [0.1, 0.15) is 17.2 Å². The van der Waals surface area contributed by atoms with Crippen LogP contribution >= 0.6 is 15.9 Å². The molecule has 1 heterocycles. The zero-order chi connectivity index (χ0) is 18.5. The van der Waals surface area contributed by atoms with E-state index >= 15 is 0 Å². The lowest BCUT2D eigenvalue weighted by Crippen LogP contribution is -2.45. The molecule has 1 atom stereocenters. The van der Waals surface area contributed by atoms with E-state index in [4.69, 9.17) is 14.2 Å². The molecule has 1 N–H and O–H groups in total. The number of nitrogens with one attached hydrogen (secondary N) is 1. The standard InChI is InChI=1S/C20H25BrN2O3/c1-24-17-13-19(26-3)18(25-2)12-16(17)20(23-9-7-22-8-10-23)14-5-4-6-15(21)11-14/h4-6,11-13,20,22H,7-10H2,1-3H3. The molecule has 1 unspecified atom stereocenters. The Morgan fingerprint density at radius 3 is 2.19 bits per heavy atom. The molecule has 140 valence electrons. The normalized spacial score (nSPS) is 16.2. The highest BCUT2D eigenvalue weighted by Crippen LogP contribution is 2.42. The topological polar surface area (TPSA) is 43.0 Å². The first-order valence-electron chi connectivity index (χ1n) is 8.68. The van der Waals surface area contributed by atoms with E-state index in [1.807, 2.05) is 18.2 Å². The Balaban J connectivity index is 2.14. The first kappa shape index (κ1) is 19.0. The summed E-state index contributed by atoms with van der Waals surface area (Å²) in [7, 11) is 4.99. The van der Waals surface area contributed by atoms with Gasteiger partial charge in [-0.15, -0.1) is 0 Å². The van der Waals surface area contributed by atoms with Gasteiger partial charge < -0.3 is 19.5 Å². The smallest absolute Gasteiger partial charge is 0.164 e. The Bertz CT molecular complexity index is 748. The monoisotopic (exact) mass is 420 g/mol. The highest BCUT2D eigenvalue weighted by molar-refractivity contribution is 9.10. The van der Waals surface area contributed by atoms with Crippen molar-refractivity contribution in [3.8, 4) is 17.2 Å². The second kappa shape index (κ2) is 8.75. The summed E-state index contributed by atoms with van der Waals surface area (Å²) < 4.78 is 17.8. The van der Waals surface area contributed by atoms with Crippen LogP contribution in [-0.2, 0) is 0 Å². The maximum atomic E-state index is 5.72. The number of piperazine rings is 1. The molecule has 1 aliphatic heterocycles. The maximum absolute atomic E-state index is 5.72. The van der Waals surface area contributed by atoms with Crippen LogP contribution in [0, 0.1) is 0 Å². The zero-order valence-corrected chi connectivity index (χ0v) is 17.0. The van der Waals surface area contributed by atoms with Crippen LogP contribution in [0.2, 0.25) is 0 Å². The first-order valence-corrected chi connectivity index (χ1v) is 9.47. The fraction of sp³-hybridized carbons (Fsp3) is 0.400. The molecule has 1 aliphatic rings. The average Bonchev–Trinajstić information content (AvgIpc) is 2.68. The molecule has 1 fully saturated rings. The predicted octanol–water partition coefficient (Wildman–Crippen LogP) is 3.47. The van der Waals surface area contributed by atoms with Crippen LogP contribution in [0.3, 0.4) is 0 Å². The van der Waals surface area contributed by atoms with Gasteiger partial charge in [0.1, 0.15) is 5.75 Å². The van der Waals surface area contributed by atoms with Gasteiger partial charge in [0.25, 0.3) is 0 Å². The van der Waals surface area contributed by atoms with Crippen molar-refractivity contribution in [1.82, 2.24) is 10.2 Å². The zero-order valence-electron chi connectivity index (χ0n) is 15.4. The molecule has 5 nitrogen and oxygen atoms in total. The van der Waals surface area contributed by atoms with Crippen molar-refractivity contribution >= 4 is 15.9 Å². The summed E-state index contributed by atoms with van der Waals surface area (Å²) in [5, 5.41) is 3.43. The predicted molar refractivity (Wildman–Crippen MR) is 107 cm³/mol. The molecule has 0 amide bonds. The first-order chi connectivity index (χ1) is 12.7. The molecule has 2 aromatic rings. The molecule has 3 rings (SSSR count). The van der Waals surface area contributed by atoms with Crippen molar-refractivity contribution in [3.05, 3.63) is 52.0 Å². The van der Waals surface area contributed by atoms with Crippen LogP contribution in [0.15, 0.2) is 40.9 Å². The van der Waals surface area contributed by atoms with E-state index in [1.165, 1.54) is 5.56 Å². The highest BCUT2D eigenvalue weighted by Gasteiger charge is 2.28. The van der Waals surface area contributed by atoms with Gasteiger partial charge in [-0.2, -0.15) is 0 Å². The Hall–Kier alpha value is -1.76. The number of rotatable bonds is 6. The highest BCUT2D eigenvalue weighted by atomic mass is 79.9. The van der Waals surface area contributed by atoms with Crippen molar-refractivity contribution in [2.75, 3.05) is 47.5 Å². The Morgan fingerprint density at radius 1 is 0.923 bits per heavy atom. The summed E-state index contributed by atoms with van der Waals surface area (Å²) in [4.78, 5) is 2.47. The summed E-state index contributed by atoms with van der Waals surface area (Å²) in [6.45, 7) is 3.88. The number of benzene rings is 2. The van der Waals surface area contributed by atoms with E-state index in [9.17, 15) is 0 Å². The molecule has 0 bridgehead atoms. The largest absolute Gasteiger partial charge is 0.496 e. The van der Waals surface area contributed by atoms with Crippen molar-refractivity contribution in [2.24, 2.45) is 0 Å². The van der Waals surface area contributed by atoms with Crippen LogP contribution in [0.5, 0.6) is 17.2 Å². The molecule has 6 heteroatoms. The molecular weight excluding hydrogens is 396 g/mol. The molecular formula is C20H25BrN2O3. The van der Waals surface area contributed by atoms with Crippen LogP contribution in [-0.4, -0.2) is 52.4 Å². The summed E-state index contributed by atoms with van der Waals surface area (Å²) in [6, 6.07) is 12.5. The molecule has 0 spiro atoms. The lowest BCUT2D eigenvalue weighted by atomic mass is 9.95. The van der Waals surface area contributed by atoms with Gasteiger partial charge in [0.15, 0.2) is 11.5 Å². The van der Waals surface area contributed by atoms with Crippen molar-refractivity contribution in [1.29, 1.82) is 0 Å². The summed E-state index contributed by atoms with van der Waals surface area (Å²) in [5.41, 5.74) is 2.29. The molecule has 0 aliphatic carbocycles. The Kier molecular flexibility index (Phi) is 6.40. The van der Waals surface area contributed by atoms with Crippen molar-refractivity contribution in [2.45, 2.75) is 6.04 Å². The third kappa shape index (κ3) is 3.98. The minimum atomic E-state index is 0.0735. The quantitative estimate of drug-likeness (QED) is 0.774. The van der Waals surface area contributed by atoms with Crippen LogP contribution in [0.25, 0.3) is 0 Å². The van der Waals surface area contributed by atoms with E-state index < -0.39 is 0 Å². The van der Waals surface area contributed by atoms with Gasteiger partial charge in [0, 0.05) is 42.3 Å². The van der Waals surface area contributed by atoms with Gasteiger partial charge in [-0.05, 0) is 23.8 Å². The third-order valence-electron chi connectivity index (χ3n) is 4.71. The van der Waals surface area contributed by atoms with Crippen molar-refractivity contribution in [3.63, 3.8) is 0 Å². The Morgan fingerprint density at radius 2 is 1.58 bits per heavy atom. The van der Waals surface area contributed by atoms with Crippen molar-refractivity contribution < 1.29 is 14.2 Å². The third-order valence-corrected chi connectivity index (χ3v) is 5.20. The minimum absolute atomic E-state index is 0.0735. The lowest BCUT2D eigenvalue weighted by Gasteiger charge is -2.36. The van der Waals surface area contributed by atoms with Gasteiger partial charge in [0.2, 0.25) is 0 Å². The fourth-order valence-electron chi connectivity index (χ4n) is 3.47. The number of hydrogen-bond donors (Lipinski definition) is 1. The molecule has 1 saturated heterocycles. The van der Waals surface area contributed by atoms with Gasteiger partial charge in [-0.25, -0.2) is 0 Å². The lowest BCUT2D eigenvalue weighted by molar-refractivity contribution is 0.195. The molecule has 0 aromatic heterocycles.